The van der Waals surface area contributed by atoms with Gasteiger partial charge in [0.15, 0.2) is 0 Å². The van der Waals surface area contributed by atoms with Gasteiger partial charge in [0.2, 0.25) is 5.91 Å². The maximum Gasteiger partial charge on any atom is 0.219 e. The van der Waals surface area contributed by atoms with Crippen LogP contribution in [0, 0.1) is 11.6 Å². The summed E-state index contributed by atoms with van der Waals surface area (Å²) in [5.41, 5.74) is -1.95. The molecule has 1 aromatic rings. The summed E-state index contributed by atoms with van der Waals surface area (Å²) in [6.07, 6.45) is 0. The normalized spacial score (nSPS) is 18.1. The van der Waals surface area contributed by atoms with Gasteiger partial charge < -0.3 is 10.0 Å². The maximum atomic E-state index is 13.4. The number of halogens is 2. The molecule has 0 atom stereocenters. The number of rotatable bonds is 1. The van der Waals surface area contributed by atoms with Gasteiger partial charge in [-0.05, 0) is 12.1 Å². The molecule has 2 rings (SSSR count). The van der Waals surface area contributed by atoms with Crippen molar-refractivity contribution in [1.82, 2.24) is 4.90 Å². The number of aliphatic hydroxyl groups is 1. The maximum absolute atomic E-state index is 13.4. The molecule has 0 aliphatic carbocycles. The SMILES string of the molecule is CC(=O)N1CC(O)(c2c(F)cccc2F)C1. The van der Waals surface area contributed by atoms with Gasteiger partial charge in [0.05, 0.1) is 18.7 Å². The molecule has 0 saturated carbocycles. The average molecular weight is 227 g/mol. The van der Waals surface area contributed by atoms with Crippen LogP contribution in [0.2, 0.25) is 0 Å². The molecule has 1 amide bonds. The fourth-order valence-corrected chi connectivity index (χ4v) is 1.91. The summed E-state index contributed by atoms with van der Waals surface area (Å²) < 4.78 is 26.8. The second-order valence-electron chi connectivity index (χ2n) is 4.00. The van der Waals surface area contributed by atoms with Crippen molar-refractivity contribution in [3.05, 3.63) is 35.4 Å². The molecule has 1 saturated heterocycles. The molecule has 1 aliphatic rings. The van der Waals surface area contributed by atoms with Crippen LogP contribution in [0.25, 0.3) is 0 Å². The monoisotopic (exact) mass is 227 g/mol. The fraction of sp³-hybridized carbons (Fsp3) is 0.364. The molecule has 1 aliphatic heterocycles. The predicted molar refractivity (Wildman–Crippen MR) is 52.5 cm³/mol. The molecule has 0 aromatic heterocycles. The van der Waals surface area contributed by atoms with E-state index < -0.39 is 17.2 Å². The van der Waals surface area contributed by atoms with Crippen molar-refractivity contribution in [2.45, 2.75) is 12.5 Å². The smallest absolute Gasteiger partial charge is 0.219 e. The first-order valence-corrected chi connectivity index (χ1v) is 4.86. The van der Waals surface area contributed by atoms with Crippen LogP contribution in [0.3, 0.4) is 0 Å². The molecule has 0 bridgehead atoms. The van der Waals surface area contributed by atoms with E-state index >= 15 is 0 Å². The molecule has 1 N–H and O–H groups in total. The van der Waals surface area contributed by atoms with Gasteiger partial charge in [-0.1, -0.05) is 6.07 Å². The zero-order chi connectivity index (χ0) is 11.9. The fourth-order valence-electron chi connectivity index (χ4n) is 1.91. The van der Waals surface area contributed by atoms with E-state index in [2.05, 4.69) is 0 Å². The number of benzene rings is 1. The van der Waals surface area contributed by atoms with Crippen LogP contribution in [-0.4, -0.2) is 29.0 Å². The molecule has 0 unspecified atom stereocenters. The first-order valence-electron chi connectivity index (χ1n) is 4.86. The highest BCUT2D eigenvalue weighted by Gasteiger charge is 2.47. The third kappa shape index (κ3) is 1.57. The molecule has 1 heterocycles. The van der Waals surface area contributed by atoms with Gasteiger partial charge in [-0.2, -0.15) is 0 Å². The van der Waals surface area contributed by atoms with E-state index in [1.54, 1.807) is 0 Å². The van der Waals surface area contributed by atoms with Crippen LogP contribution >= 0.6 is 0 Å². The largest absolute Gasteiger partial charge is 0.381 e. The lowest BCUT2D eigenvalue weighted by molar-refractivity contribution is -0.156. The molecule has 16 heavy (non-hydrogen) atoms. The molecule has 0 radical (unpaired) electrons. The topological polar surface area (TPSA) is 40.5 Å². The first kappa shape index (κ1) is 11.0. The van der Waals surface area contributed by atoms with Crippen molar-refractivity contribution in [3.63, 3.8) is 0 Å². The van der Waals surface area contributed by atoms with Crippen LogP contribution in [0.1, 0.15) is 12.5 Å². The quantitative estimate of drug-likeness (QED) is 0.778. The molecule has 5 heteroatoms. The lowest BCUT2D eigenvalue weighted by Gasteiger charge is -2.46. The van der Waals surface area contributed by atoms with E-state index in [4.69, 9.17) is 0 Å². The highest BCUT2D eigenvalue weighted by molar-refractivity contribution is 5.74. The standard InChI is InChI=1S/C11H11F2NO2/c1-7(15)14-5-11(16,6-14)10-8(12)3-2-4-9(10)13/h2-4,16H,5-6H2,1H3. The summed E-state index contributed by atoms with van der Waals surface area (Å²) in [5, 5.41) is 9.99. The molecular formula is C11H11F2NO2. The summed E-state index contributed by atoms with van der Waals surface area (Å²) in [4.78, 5) is 12.3. The third-order valence-electron chi connectivity index (χ3n) is 2.78. The third-order valence-corrected chi connectivity index (χ3v) is 2.78. The summed E-state index contributed by atoms with van der Waals surface area (Å²) in [6, 6.07) is 3.42. The summed E-state index contributed by atoms with van der Waals surface area (Å²) in [6.45, 7) is 1.21. The number of amides is 1. The Hall–Kier alpha value is -1.49. The lowest BCUT2D eigenvalue weighted by Crippen LogP contribution is -2.61. The lowest BCUT2D eigenvalue weighted by atomic mass is 9.85. The summed E-state index contributed by atoms with van der Waals surface area (Å²) >= 11 is 0. The van der Waals surface area contributed by atoms with Crippen LogP contribution in [0.4, 0.5) is 8.78 Å². The van der Waals surface area contributed by atoms with Crippen molar-refractivity contribution in [3.8, 4) is 0 Å². The van der Waals surface area contributed by atoms with Crippen LogP contribution < -0.4 is 0 Å². The number of hydrogen-bond acceptors (Lipinski definition) is 2. The Balaban J connectivity index is 2.30. The van der Waals surface area contributed by atoms with Crippen molar-refractivity contribution in [1.29, 1.82) is 0 Å². The van der Waals surface area contributed by atoms with E-state index in [1.807, 2.05) is 0 Å². The molecule has 0 spiro atoms. The average Bonchev–Trinajstić information content (AvgIpc) is 2.13. The van der Waals surface area contributed by atoms with E-state index in [-0.39, 0.29) is 24.6 Å². The minimum Gasteiger partial charge on any atom is -0.381 e. The van der Waals surface area contributed by atoms with Crippen molar-refractivity contribution < 1.29 is 18.7 Å². The van der Waals surface area contributed by atoms with Crippen molar-refractivity contribution >= 4 is 5.91 Å². The minimum atomic E-state index is -1.60. The zero-order valence-electron chi connectivity index (χ0n) is 8.70. The second-order valence-corrected chi connectivity index (χ2v) is 4.00. The molecule has 1 aromatic carbocycles. The van der Waals surface area contributed by atoms with Crippen molar-refractivity contribution in [2.24, 2.45) is 0 Å². The number of β-amino-alcohol motifs (C(OH)–C–C–N with tert-alkyl or cyclic N) is 1. The Morgan fingerprint density at radius 1 is 1.38 bits per heavy atom. The molecule has 86 valence electrons. The van der Waals surface area contributed by atoms with Gasteiger partial charge in [-0.25, -0.2) is 8.78 Å². The van der Waals surface area contributed by atoms with Gasteiger partial charge in [0.1, 0.15) is 17.2 Å². The number of carbonyl (C=O) groups excluding carboxylic acids is 1. The Morgan fingerprint density at radius 2 is 1.88 bits per heavy atom. The van der Waals surface area contributed by atoms with Gasteiger partial charge in [-0.3, -0.25) is 4.79 Å². The number of nitrogens with zero attached hydrogens (tertiary/aromatic N) is 1. The Labute approximate surface area is 91.3 Å². The van der Waals surface area contributed by atoms with E-state index in [1.165, 1.54) is 17.9 Å². The minimum absolute atomic E-state index is 0.0693. The van der Waals surface area contributed by atoms with Crippen LogP contribution in [0.15, 0.2) is 18.2 Å². The Morgan fingerprint density at radius 3 is 2.31 bits per heavy atom. The Bertz CT molecular complexity index is 421. The number of likely N-dealkylation sites (tertiary alicyclic amines) is 1. The zero-order valence-corrected chi connectivity index (χ0v) is 8.70. The van der Waals surface area contributed by atoms with Crippen LogP contribution in [-0.2, 0) is 10.4 Å². The van der Waals surface area contributed by atoms with Gasteiger partial charge >= 0.3 is 0 Å². The number of hydrogen-bond donors (Lipinski definition) is 1. The van der Waals surface area contributed by atoms with Gasteiger partial charge in [0, 0.05) is 6.92 Å². The molecule has 3 nitrogen and oxygen atoms in total. The highest BCUT2D eigenvalue weighted by atomic mass is 19.1. The van der Waals surface area contributed by atoms with E-state index in [9.17, 15) is 18.7 Å². The summed E-state index contributed by atoms with van der Waals surface area (Å²) in [5.74, 6) is -1.79. The second kappa shape index (κ2) is 3.52. The van der Waals surface area contributed by atoms with E-state index in [0.29, 0.717) is 0 Å². The Kier molecular flexibility index (Phi) is 2.42. The van der Waals surface area contributed by atoms with Crippen molar-refractivity contribution in [2.75, 3.05) is 13.1 Å². The van der Waals surface area contributed by atoms with Gasteiger partial charge in [0.25, 0.3) is 0 Å². The van der Waals surface area contributed by atoms with Gasteiger partial charge in [-0.15, -0.1) is 0 Å². The highest BCUT2D eigenvalue weighted by Crippen LogP contribution is 2.34. The van der Waals surface area contributed by atoms with Crippen LogP contribution in [0.5, 0.6) is 0 Å². The summed E-state index contributed by atoms with van der Waals surface area (Å²) in [7, 11) is 0. The molecule has 1 fully saturated rings. The first-order chi connectivity index (χ1) is 7.44. The predicted octanol–water partition coefficient (Wildman–Crippen LogP) is 1.01. The van der Waals surface area contributed by atoms with E-state index in [0.717, 1.165) is 12.1 Å². The molecular weight excluding hydrogens is 216 g/mol. The number of carbonyl (C=O) groups is 1.